The SMILES string of the molecule is Cc1cccc(C(C#N)CNC(=O)OC(C)(C)C)c1. The molecular formula is C15H20N2O2. The van der Waals surface area contributed by atoms with Gasteiger partial charge in [0.1, 0.15) is 5.60 Å². The highest BCUT2D eigenvalue weighted by Gasteiger charge is 2.18. The van der Waals surface area contributed by atoms with Gasteiger partial charge in [-0.2, -0.15) is 5.26 Å². The predicted octanol–water partition coefficient (Wildman–Crippen LogP) is 3.13. The van der Waals surface area contributed by atoms with Crippen molar-refractivity contribution in [2.24, 2.45) is 0 Å². The Balaban J connectivity index is 2.60. The molecule has 0 fully saturated rings. The first-order valence-corrected chi connectivity index (χ1v) is 6.25. The normalized spacial score (nSPS) is 12.4. The number of carbonyl (C=O) groups is 1. The van der Waals surface area contributed by atoms with Crippen molar-refractivity contribution >= 4 is 6.09 Å². The van der Waals surface area contributed by atoms with Gasteiger partial charge in [-0.3, -0.25) is 0 Å². The van der Waals surface area contributed by atoms with E-state index in [1.807, 2.05) is 31.2 Å². The number of carbonyl (C=O) groups excluding carboxylic acids is 1. The zero-order valence-corrected chi connectivity index (χ0v) is 11.9. The molecule has 102 valence electrons. The van der Waals surface area contributed by atoms with E-state index in [2.05, 4.69) is 11.4 Å². The quantitative estimate of drug-likeness (QED) is 0.908. The summed E-state index contributed by atoms with van der Waals surface area (Å²) in [6.07, 6.45) is -0.500. The standard InChI is InChI=1S/C15H20N2O2/c1-11-6-5-7-12(8-11)13(9-16)10-17-14(18)19-15(2,3)4/h5-8,13H,10H2,1-4H3,(H,17,18). The van der Waals surface area contributed by atoms with Crippen LogP contribution in [0.3, 0.4) is 0 Å². The Kier molecular flexibility index (Phi) is 4.94. The van der Waals surface area contributed by atoms with Crippen molar-refractivity contribution < 1.29 is 9.53 Å². The number of rotatable bonds is 3. The molecule has 0 aromatic heterocycles. The maximum absolute atomic E-state index is 11.5. The molecule has 1 unspecified atom stereocenters. The average molecular weight is 260 g/mol. The lowest BCUT2D eigenvalue weighted by Crippen LogP contribution is -2.34. The number of alkyl carbamates (subject to hydrolysis) is 1. The van der Waals surface area contributed by atoms with E-state index < -0.39 is 11.7 Å². The number of hydrogen-bond donors (Lipinski definition) is 1. The van der Waals surface area contributed by atoms with Crippen LogP contribution in [0.15, 0.2) is 24.3 Å². The summed E-state index contributed by atoms with van der Waals surface area (Å²) in [4.78, 5) is 11.5. The number of hydrogen-bond acceptors (Lipinski definition) is 3. The smallest absolute Gasteiger partial charge is 0.407 e. The van der Waals surface area contributed by atoms with Gasteiger partial charge in [-0.1, -0.05) is 29.8 Å². The highest BCUT2D eigenvalue weighted by Crippen LogP contribution is 2.15. The molecule has 1 aromatic carbocycles. The van der Waals surface area contributed by atoms with E-state index >= 15 is 0 Å². The molecule has 0 aliphatic rings. The van der Waals surface area contributed by atoms with Crippen LogP contribution in [-0.4, -0.2) is 18.2 Å². The Morgan fingerprint density at radius 3 is 2.68 bits per heavy atom. The molecule has 1 aromatic rings. The van der Waals surface area contributed by atoms with Crippen LogP contribution in [0.4, 0.5) is 4.79 Å². The lowest BCUT2D eigenvalue weighted by atomic mass is 9.99. The highest BCUT2D eigenvalue weighted by atomic mass is 16.6. The molecule has 4 heteroatoms. The van der Waals surface area contributed by atoms with E-state index in [0.29, 0.717) is 0 Å². The van der Waals surface area contributed by atoms with E-state index in [4.69, 9.17) is 4.74 Å². The third-order valence-electron chi connectivity index (χ3n) is 2.45. The number of ether oxygens (including phenoxy) is 1. The maximum Gasteiger partial charge on any atom is 0.407 e. The van der Waals surface area contributed by atoms with Crippen LogP contribution in [0, 0.1) is 18.3 Å². The monoisotopic (exact) mass is 260 g/mol. The molecule has 0 aliphatic carbocycles. The molecule has 0 aliphatic heterocycles. The first kappa shape index (κ1) is 15.0. The van der Waals surface area contributed by atoms with Crippen LogP contribution in [0.1, 0.15) is 37.8 Å². The second kappa shape index (κ2) is 6.24. The Labute approximate surface area is 114 Å². The zero-order chi connectivity index (χ0) is 14.5. The molecule has 4 nitrogen and oxygen atoms in total. The van der Waals surface area contributed by atoms with Gasteiger partial charge in [-0.15, -0.1) is 0 Å². The number of nitriles is 1. The molecule has 19 heavy (non-hydrogen) atoms. The lowest BCUT2D eigenvalue weighted by molar-refractivity contribution is 0.0527. The number of nitrogens with zero attached hydrogens (tertiary/aromatic N) is 1. The first-order valence-electron chi connectivity index (χ1n) is 6.25. The van der Waals surface area contributed by atoms with Crippen molar-refractivity contribution in [1.82, 2.24) is 5.32 Å². The summed E-state index contributed by atoms with van der Waals surface area (Å²) >= 11 is 0. The minimum absolute atomic E-state index is 0.245. The third kappa shape index (κ3) is 5.43. The van der Waals surface area contributed by atoms with Crippen molar-refractivity contribution in [2.75, 3.05) is 6.54 Å². The van der Waals surface area contributed by atoms with Crippen molar-refractivity contribution in [3.8, 4) is 6.07 Å². The van der Waals surface area contributed by atoms with Crippen molar-refractivity contribution in [3.05, 3.63) is 35.4 Å². The molecule has 0 spiro atoms. The summed E-state index contributed by atoms with van der Waals surface area (Å²) < 4.78 is 5.13. The van der Waals surface area contributed by atoms with Gasteiger partial charge in [0.25, 0.3) is 0 Å². The summed E-state index contributed by atoms with van der Waals surface area (Å²) in [6.45, 7) is 7.62. The molecule has 0 saturated heterocycles. The minimum Gasteiger partial charge on any atom is -0.444 e. The second-order valence-corrected chi connectivity index (χ2v) is 5.48. The zero-order valence-electron chi connectivity index (χ0n) is 11.9. The lowest BCUT2D eigenvalue weighted by Gasteiger charge is -2.20. The average Bonchev–Trinajstić information content (AvgIpc) is 2.27. The van der Waals surface area contributed by atoms with Gasteiger partial charge in [0.15, 0.2) is 0 Å². The van der Waals surface area contributed by atoms with Gasteiger partial charge in [-0.25, -0.2) is 4.79 Å². The van der Waals surface area contributed by atoms with E-state index in [-0.39, 0.29) is 12.5 Å². The number of aryl methyl sites for hydroxylation is 1. The molecule has 0 radical (unpaired) electrons. The van der Waals surface area contributed by atoms with E-state index in [1.54, 1.807) is 20.8 Å². The van der Waals surface area contributed by atoms with Gasteiger partial charge in [0.2, 0.25) is 0 Å². The minimum atomic E-state index is -0.532. The number of benzene rings is 1. The number of amides is 1. The topological polar surface area (TPSA) is 62.1 Å². The Hall–Kier alpha value is -2.02. The highest BCUT2D eigenvalue weighted by molar-refractivity contribution is 5.67. The molecule has 0 heterocycles. The molecular weight excluding hydrogens is 240 g/mol. The van der Waals surface area contributed by atoms with Crippen LogP contribution in [0.2, 0.25) is 0 Å². The van der Waals surface area contributed by atoms with Crippen LogP contribution >= 0.6 is 0 Å². The second-order valence-electron chi connectivity index (χ2n) is 5.48. The van der Waals surface area contributed by atoms with E-state index in [0.717, 1.165) is 11.1 Å². The van der Waals surface area contributed by atoms with Gasteiger partial charge < -0.3 is 10.1 Å². The van der Waals surface area contributed by atoms with Gasteiger partial charge in [-0.05, 0) is 33.3 Å². The van der Waals surface area contributed by atoms with Crippen molar-refractivity contribution in [2.45, 2.75) is 39.2 Å². The van der Waals surface area contributed by atoms with Gasteiger partial charge >= 0.3 is 6.09 Å². The van der Waals surface area contributed by atoms with Gasteiger partial charge in [0.05, 0.1) is 12.0 Å². The molecule has 1 amide bonds. The first-order chi connectivity index (χ1) is 8.81. The summed E-state index contributed by atoms with van der Waals surface area (Å²) in [5.41, 5.74) is 1.46. The molecule has 1 atom stereocenters. The molecule has 1 N–H and O–H groups in total. The van der Waals surface area contributed by atoms with Crippen LogP contribution in [0.25, 0.3) is 0 Å². The number of nitrogens with one attached hydrogen (secondary N) is 1. The van der Waals surface area contributed by atoms with Crippen molar-refractivity contribution in [1.29, 1.82) is 5.26 Å². The van der Waals surface area contributed by atoms with E-state index in [1.165, 1.54) is 0 Å². The Bertz CT molecular complexity index is 484. The van der Waals surface area contributed by atoms with Crippen LogP contribution in [-0.2, 0) is 4.74 Å². The third-order valence-corrected chi connectivity index (χ3v) is 2.45. The summed E-state index contributed by atoms with van der Waals surface area (Å²) in [7, 11) is 0. The summed E-state index contributed by atoms with van der Waals surface area (Å²) in [5.74, 6) is -0.368. The molecule has 0 bridgehead atoms. The Morgan fingerprint density at radius 2 is 2.16 bits per heavy atom. The van der Waals surface area contributed by atoms with Crippen LogP contribution < -0.4 is 5.32 Å². The summed E-state index contributed by atoms with van der Waals surface area (Å²) in [5, 5.41) is 11.8. The maximum atomic E-state index is 11.5. The van der Waals surface area contributed by atoms with Gasteiger partial charge in [0, 0.05) is 6.54 Å². The van der Waals surface area contributed by atoms with Crippen LogP contribution in [0.5, 0.6) is 0 Å². The predicted molar refractivity (Wildman–Crippen MR) is 73.8 cm³/mol. The summed E-state index contributed by atoms with van der Waals surface area (Å²) in [6, 6.07) is 9.91. The fraction of sp³-hybridized carbons (Fsp3) is 0.467. The van der Waals surface area contributed by atoms with E-state index in [9.17, 15) is 10.1 Å². The molecule has 1 rings (SSSR count). The fourth-order valence-corrected chi connectivity index (χ4v) is 1.62. The largest absolute Gasteiger partial charge is 0.444 e. The molecule has 0 saturated carbocycles. The van der Waals surface area contributed by atoms with Crippen molar-refractivity contribution in [3.63, 3.8) is 0 Å². The Morgan fingerprint density at radius 1 is 1.47 bits per heavy atom. The fourth-order valence-electron chi connectivity index (χ4n) is 1.62.